The summed E-state index contributed by atoms with van der Waals surface area (Å²) in [5.41, 5.74) is 3.26. The summed E-state index contributed by atoms with van der Waals surface area (Å²) in [6.07, 6.45) is 0. The van der Waals surface area contributed by atoms with Crippen LogP contribution in [0.3, 0.4) is 0 Å². The number of H-pyrrole nitrogens is 2. The van der Waals surface area contributed by atoms with Crippen LogP contribution < -0.4 is 20.6 Å². The minimum absolute atomic E-state index is 0.120. The number of carbonyl (C=O) groups excluding carboxylic acids is 1. The van der Waals surface area contributed by atoms with Crippen molar-refractivity contribution >= 4 is 5.97 Å². The van der Waals surface area contributed by atoms with Gasteiger partial charge in [-0.15, -0.1) is 0 Å². The first kappa shape index (κ1) is 29.2. The van der Waals surface area contributed by atoms with E-state index in [1.54, 1.807) is 32.0 Å². The van der Waals surface area contributed by atoms with Crippen molar-refractivity contribution in [1.29, 1.82) is 0 Å². The van der Waals surface area contributed by atoms with Crippen LogP contribution in [0.15, 0.2) is 113 Å². The Morgan fingerprint density at radius 3 is 1.71 bits per heavy atom. The van der Waals surface area contributed by atoms with E-state index >= 15 is 0 Å². The van der Waals surface area contributed by atoms with E-state index in [1.807, 2.05) is 60.7 Å². The van der Waals surface area contributed by atoms with Crippen LogP contribution >= 0.6 is 0 Å². The van der Waals surface area contributed by atoms with Crippen molar-refractivity contribution in [2.24, 2.45) is 0 Å². The fourth-order valence-corrected chi connectivity index (χ4v) is 5.49. The molecule has 6 aromatic rings. The largest absolute Gasteiger partial charge is 0.493 e. The Hall–Kier alpha value is -5.90. The third-order valence-corrected chi connectivity index (χ3v) is 7.64. The van der Waals surface area contributed by atoms with Crippen LogP contribution in [0, 0.1) is 19.7 Å². The van der Waals surface area contributed by atoms with E-state index < -0.39 is 17.7 Å². The minimum atomic E-state index is -0.830. The highest BCUT2D eigenvalue weighted by Gasteiger charge is 2.31. The molecule has 0 spiro atoms. The summed E-state index contributed by atoms with van der Waals surface area (Å²) in [5, 5.41) is 6.35. The lowest BCUT2D eigenvalue weighted by atomic mass is 9.85. The number of hydrogen-bond acceptors (Lipinski definition) is 5. The van der Waals surface area contributed by atoms with E-state index in [0.717, 1.165) is 0 Å². The van der Waals surface area contributed by atoms with Gasteiger partial charge < -0.3 is 9.47 Å². The van der Waals surface area contributed by atoms with E-state index in [1.165, 1.54) is 40.7 Å². The van der Waals surface area contributed by atoms with Crippen LogP contribution in [0.2, 0.25) is 0 Å². The lowest BCUT2D eigenvalue weighted by Gasteiger charge is -2.18. The van der Waals surface area contributed by atoms with Gasteiger partial charge in [-0.3, -0.25) is 19.8 Å². The zero-order valence-electron chi connectivity index (χ0n) is 24.7. The van der Waals surface area contributed by atoms with Gasteiger partial charge in [0, 0.05) is 17.3 Å². The summed E-state index contributed by atoms with van der Waals surface area (Å²) in [4.78, 5) is 41.0. The molecule has 0 saturated carbocycles. The van der Waals surface area contributed by atoms with Gasteiger partial charge in [0.2, 0.25) is 0 Å². The minimum Gasteiger partial charge on any atom is -0.493 e. The van der Waals surface area contributed by atoms with Crippen molar-refractivity contribution < 1.29 is 18.7 Å². The molecule has 0 amide bonds. The molecule has 9 nitrogen and oxygen atoms in total. The number of nitrogens with zero attached hydrogens (tertiary/aromatic N) is 2. The monoisotopic (exact) mass is 604 g/mol. The van der Waals surface area contributed by atoms with E-state index in [2.05, 4.69) is 10.2 Å². The van der Waals surface area contributed by atoms with Gasteiger partial charge in [-0.25, -0.2) is 18.5 Å². The fourth-order valence-electron chi connectivity index (χ4n) is 5.49. The first-order valence-corrected chi connectivity index (χ1v) is 14.2. The normalized spacial score (nSPS) is 11.1. The van der Waals surface area contributed by atoms with Crippen molar-refractivity contribution in [3.63, 3.8) is 0 Å². The third kappa shape index (κ3) is 5.49. The molecule has 45 heavy (non-hydrogen) atoms. The molecule has 0 bridgehead atoms. The number of halogens is 1. The summed E-state index contributed by atoms with van der Waals surface area (Å²) in [7, 11) is 1.43. The Morgan fingerprint density at radius 1 is 0.711 bits per heavy atom. The van der Waals surface area contributed by atoms with Crippen LogP contribution in [0.5, 0.6) is 11.5 Å². The summed E-state index contributed by atoms with van der Waals surface area (Å²) in [6.45, 7) is 3.58. The molecular formula is C35H29FN4O5. The molecular weight excluding hydrogens is 575 g/mol. The molecule has 0 aliphatic rings. The lowest BCUT2D eigenvalue weighted by Crippen LogP contribution is -2.25. The maximum absolute atomic E-state index is 14.1. The summed E-state index contributed by atoms with van der Waals surface area (Å²) in [5.74, 6) is -1.67. The predicted molar refractivity (Wildman–Crippen MR) is 168 cm³/mol. The maximum atomic E-state index is 14.1. The average Bonchev–Trinajstić information content (AvgIpc) is 3.52. The Bertz CT molecular complexity index is 2010. The van der Waals surface area contributed by atoms with Crippen LogP contribution in [-0.4, -0.2) is 32.6 Å². The SMILES string of the molecule is COc1cc(C(c2c(C)[nH]n(-c3ccccc3)c2=O)c2c(C)[nH]n(-c3ccccc3)c2=O)ccc1OC(=O)c1ccc(F)cc1. The Morgan fingerprint density at radius 2 is 1.22 bits per heavy atom. The van der Waals surface area contributed by atoms with E-state index in [0.29, 0.717) is 39.5 Å². The summed E-state index contributed by atoms with van der Waals surface area (Å²) in [6, 6.07) is 28.2. The van der Waals surface area contributed by atoms with Crippen LogP contribution in [0.4, 0.5) is 4.39 Å². The quantitative estimate of drug-likeness (QED) is 0.168. The number of hydrogen-bond donors (Lipinski definition) is 2. The maximum Gasteiger partial charge on any atom is 0.343 e. The van der Waals surface area contributed by atoms with Crippen molar-refractivity contribution in [3.05, 3.63) is 163 Å². The molecule has 0 aliphatic carbocycles. The second-order valence-corrected chi connectivity index (χ2v) is 10.5. The van der Waals surface area contributed by atoms with Gasteiger partial charge in [-0.05, 0) is 80.1 Å². The summed E-state index contributed by atoms with van der Waals surface area (Å²) >= 11 is 0. The zero-order chi connectivity index (χ0) is 31.7. The Labute approximate surface area is 257 Å². The number of ether oxygens (including phenoxy) is 2. The number of nitrogens with one attached hydrogen (secondary N) is 2. The second kappa shape index (κ2) is 12.0. The number of rotatable bonds is 8. The van der Waals surface area contributed by atoms with E-state index in [-0.39, 0.29) is 28.2 Å². The first-order valence-electron chi connectivity index (χ1n) is 14.2. The highest BCUT2D eigenvalue weighted by atomic mass is 19.1. The van der Waals surface area contributed by atoms with Gasteiger partial charge in [-0.1, -0.05) is 42.5 Å². The molecule has 4 aromatic carbocycles. The smallest absolute Gasteiger partial charge is 0.343 e. The van der Waals surface area contributed by atoms with Gasteiger partial charge in [0.25, 0.3) is 11.1 Å². The first-order chi connectivity index (χ1) is 21.8. The zero-order valence-corrected chi connectivity index (χ0v) is 24.7. The molecule has 0 atom stereocenters. The molecule has 0 unspecified atom stereocenters. The van der Waals surface area contributed by atoms with Gasteiger partial charge in [-0.2, -0.15) is 0 Å². The molecule has 0 fully saturated rings. The van der Waals surface area contributed by atoms with Crippen molar-refractivity contribution in [3.8, 4) is 22.9 Å². The highest BCUT2D eigenvalue weighted by Crippen LogP contribution is 2.37. The van der Waals surface area contributed by atoms with E-state index in [4.69, 9.17) is 9.47 Å². The van der Waals surface area contributed by atoms with Crippen molar-refractivity contribution in [2.45, 2.75) is 19.8 Å². The molecule has 2 heterocycles. The van der Waals surface area contributed by atoms with Crippen molar-refractivity contribution in [2.75, 3.05) is 7.11 Å². The number of aromatic amines is 2. The molecule has 0 aliphatic heterocycles. The number of aromatic nitrogens is 4. The average molecular weight is 605 g/mol. The number of carbonyl (C=O) groups is 1. The van der Waals surface area contributed by atoms with Gasteiger partial charge in [0.05, 0.1) is 35.2 Å². The molecule has 10 heteroatoms. The summed E-state index contributed by atoms with van der Waals surface area (Å²) < 4.78 is 27.5. The van der Waals surface area contributed by atoms with Crippen molar-refractivity contribution in [1.82, 2.24) is 19.6 Å². The van der Waals surface area contributed by atoms with Gasteiger partial charge in [0.15, 0.2) is 11.5 Å². The second-order valence-electron chi connectivity index (χ2n) is 10.5. The van der Waals surface area contributed by atoms with Crippen LogP contribution in [0.25, 0.3) is 11.4 Å². The molecule has 2 aromatic heterocycles. The number of benzene rings is 4. The standard InChI is InChI=1S/C35H29FN4O5/c1-21-30(33(41)39(37-21)26-10-6-4-7-11-26)32(31-22(2)38-40(34(31)42)27-12-8-5-9-13-27)24-16-19-28(29(20-24)44-3)45-35(43)23-14-17-25(36)18-15-23/h4-20,32,37-38H,1-3H3. The third-order valence-electron chi connectivity index (χ3n) is 7.64. The molecule has 0 radical (unpaired) electrons. The number of para-hydroxylation sites is 2. The number of methoxy groups -OCH3 is 1. The number of esters is 1. The molecule has 0 saturated heterocycles. The predicted octanol–water partition coefficient (Wildman–Crippen LogP) is 5.81. The number of aryl methyl sites for hydroxylation is 2. The molecule has 226 valence electrons. The van der Waals surface area contributed by atoms with Gasteiger partial charge >= 0.3 is 5.97 Å². The molecule has 2 N–H and O–H groups in total. The van der Waals surface area contributed by atoms with E-state index in [9.17, 15) is 18.8 Å². The topological polar surface area (TPSA) is 111 Å². The van der Waals surface area contributed by atoms with Crippen LogP contribution in [0.1, 0.15) is 44.4 Å². The highest BCUT2D eigenvalue weighted by molar-refractivity contribution is 5.91. The molecule has 6 rings (SSSR count). The Balaban J connectivity index is 1.51. The Kier molecular flexibility index (Phi) is 7.78. The van der Waals surface area contributed by atoms with Crippen LogP contribution in [-0.2, 0) is 0 Å². The lowest BCUT2D eigenvalue weighted by molar-refractivity contribution is 0.0729. The van der Waals surface area contributed by atoms with Gasteiger partial charge in [0.1, 0.15) is 5.82 Å². The fraction of sp³-hybridized carbons (Fsp3) is 0.114.